The number of rotatable bonds is 13. The van der Waals surface area contributed by atoms with Gasteiger partial charge < -0.3 is 30.8 Å². The Morgan fingerprint density at radius 1 is 0.976 bits per heavy atom. The molecule has 0 bridgehead atoms. The monoisotopic (exact) mass is 562 g/mol. The number of likely N-dealkylation sites (tertiary alicyclic amines) is 1. The van der Waals surface area contributed by atoms with Crippen molar-refractivity contribution in [3.05, 3.63) is 77.9 Å². The van der Waals surface area contributed by atoms with Gasteiger partial charge in [-0.05, 0) is 37.3 Å². The van der Waals surface area contributed by atoms with Crippen LogP contribution in [0.1, 0.15) is 67.6 Å². The normalized spacial score (nSPS) is 16.8. The van der Waals surface area contributed by atoms with Gasteiger partial charge in [0.05, 0.1) is 18.5 Å². The van der Waals surface area contributed by atoms with E-state index in [1.54, 1.807) is 24.3 Å². The first-order chi connectivity index (χ1) is 19.5. The molecule has 2 aromatic rings. The topological polar surface area (TPSA) is 145 Å². The van der Waals surface area contributed by atoms with E-state index in [1.165, 1.54) is 4.90 Å². The van der Waals surface area contributed by atoms with Crippen LogP contribution in [0.25, 0.3) is 5.70 Å². The second-order valence-electron chi connectivity index (χ2n) is 10.5. The SMILES string of the molecule is C=C(NC(C(=O)N1CCCC1C(=O)N[C@H](C=O)CC(=O)O)C(C)C)c1ccccc1C(=O)NC(C)c1ccccc1. The van der Waals surface area contributed by atoms with Gasteiger partial charge in [-0.1, -0.05) is 69.0 Å². The molecule has 0 spiro atoms. The fraction of sp³-hybridized carbons (Fsp3) is 0.387. The third-order valence-corrected chi connectivity index (χ3v) is 7.13. The molecule has 10 heteroatoms. The molecule has 41 heavy (non-hydrogen) atoms. The first-order valence-electron chi connectivity index (χ1n) is 13.7. The number of hydrogen-bond acceptors (Lipinski definition) is 6. The van der Waals surface area contributed by atoms with Crippen molar-refractivity contribution >= 4 is 35.7 Å². The molecule has 4 N–H and O–H groups in total. The van der Waals surface area contributed by atoms with Crippen LogP contribution in [0, 0.1) is 5.92 Å². The summed E-state index contributed by atoms with van der Waals surface area (Å²) in [5, 5.41) is 17.6. The van der Waals surface area contributed by atoms with Crippen molar-refractivity contribution in [3.63, 3.8) is 0 Å². The summed E-state index contributed by atoms with van der Waals surface area (Å²) in [6.07, 6.45) is 0.820. The van der Waals surface area contributed by atoms with Crippen LogP contribution in [-0.2, 0) is 19.2 Å². The van der Waals surface area contributed by atoms with Crippen molar-refractivity contribution in [2.45, 2.75) is 64.2 Å². The van der Waals surface area contributed by atoms with Gasteiger partial charge in [-0.2, -0.15) is 0 Å². The van der Waals surface area contributed by atoms with E-state index in [1.807, 2.05) is 51.1 Å². The van der Waals surface area contributed by atoms with Crippen LogP contribution in [0.2, 0.25) is 0 Å². The van der Waals surface area contributed by atoms with Gasteiger partial charge in [-0.25, -0.2) is 0 Å². The Balaban J connectivity index is 1.75. The molecule has 3 amide bonds. The molecule has 1 fully saturated rings. The summed E-state index contributed by atoms with van der Waals surface area (Å²) < 4.78 is 0. The molecule has 0 saturated carbocycles. The molecule has 0 radical (unpaired) electrons. The highest BCUT2D eigenvalue weighted by Gasteiger charge is 2.39. The molecule has 0 aliphatic carbocycles. The third kappa shape index (κ3) is 8.03. The molecule has 10 nitrogen and oxygen atoms in total. The van der Waals surface area contributed by atoms with Crippen molar-refractivity contribution in [3.8, 4) is 0 Å². The Morgan fingerprint density at radius 2 is 1.61 bits per heavy atom. The smallest absolute Gasteiger partial charge is 0.305 e. The van der Waals surface area contributed by atoms with Crippen LogP contribution in [0.4, 0.5) is 0 Å². The van der Waals surface area contributed by atoms with Crippen LogP contribution >= 0.6 is 0 Å². The number of carboxylic acid groups (broad SMARTS) is 1. The molecular formula is C31H38N4O6. The van der Waals surface area contributed by atoms with Crippen molar-refractivity contribution < 1.29 is 29.1 Å². The first kappa shape index (κ1) is 31.1. The van der Waals surface area contributed by atoms with Crippen molar-refractivity contribution in [1.29, 1.82) is 0 Å². The summed E-state index contributed by atoms with van der Waals surface area (Å²) in [4.78, 5) is 63.6. The zero-order valence-electron chi connectivity index (χ0n) is 23.6. The Labute approximate surface area is 240 Å². The minimum absolute atomic E-state index is 0.197. The number of aldehydes is 1. The fourth-order valence-corrected chi connectivity index (χ4v) is 4.90. The summed E-state index contributed by atoms with van der Waals surface area (Å²) in [5.74, 6) is -2.58. The molecule has 1 heterocycles. The molecule has 218 valence electrons. The summed E-state index contributed by atoms with van der Waals surface area (Å²) in [6, 6.07) is 13.6. The number of nitrogens with zero attached hydrogens (tertiary/aromatic N) is 1. The quantitative estimate of drug-likeness (QED) is 0.275. The number of amides is 3. The largest absolute Gasteiger partial charge is 0.481 e. The predicted molar refractivity (Wildman–Crippen MR) is 155 cm³/mol. The maximum absolute atomic E-state index is 13.7. The average molecular weight is 563 g/mol. The van der Waals surface area contributed by atoms with Crippen LogP contribution in [0.15, 0.2) is 61.2 Å². The Hall–Kier alpha value is -4.47. The number of hydrogen-bond donors (Lipinski definition) is 4. The lowest BCUT2D eigenvalue weighted by atomic mass is 9.98. The van der Waals surface area contributed by atoms with E-state index in [9.17, 15) is 24.0 Å². The number of aliphatic carboxylic acids is 1. The predicted octanol–water partition coefficient (Wildman–Crippen LogP) is 2.91. The lowest BCUT2D eigenvalue weighted by Crippen LogP contribution is -2.55. The second-order valence-corrected chi connectivity index (χ2v) is 10.5. The standard InChI is InChI=1S/C31H38N4O6/c1-19(2)28(31(41)35-16-10-15-26(35)30(40)34-23(18-36)17-27(37)38)32-21(4)24-13-8-9-14-25(24)29(39)33-20(3)22-11-6-5-7-12-22/h5-9,11-14,18-20,23,26,28,32H,4,10,15-17H2,1-3H3,(H,33,39)(H,34,40)(H,37,38)/t20?,23-,26?,28?/m0/s1. The third-order valence-electron chi connectivity index (χ3n) is 7.13. The zero-order valence-corrected chi connectivity index (χ0v) is 23.6. The minimum Gasteiger partial charge on any atom is -0.481 e. The van der Waals surface area contributed by atoms with Gasteiger partial charge in [-0.3, -0.25) is 19.2 Å². The van der Waals surface area contributed by atoms with Gasteiger partial charge in [0.15, 0.2) is 0 Å². The molecule has 1 aliphatic rings. The summed E-state index contributed by atoms with van der Waals surface area (Å²) in [6.45, 7) is 10.1. The molecule has 4 atom stereocenters. The van der Waals surface area contributed by atoms with Crippen molar-refractivity contribution in [1.82, 2.24) is 20.9 Å². The summed E-state index contributed by atoms with van der Waals surface area (Å²) in [5.41, 5.74) is 2.30. The van der Waals surface area contributed by atoms with E-state index < -0.39 is 36.4 Å². The molecule has 1 saturated heterocycles. The lowest BCUT2D eigenvalue weighted by Gasteiger charge is -2.32. The Kier molecular flexibility index (Phi) is 10.8. The molecule has 1 aliphatic heterocycles. The van der Waals surface area contributed by atoms with Crippen LogP contribution in [0.5, 0.6) is 0 Å². The molecule has 0 aromatic heterocycles. The van der Waals surface area contributed by atoms with Gasteiger partial charge in [0.25, 0.3) is 5.91 Å². The van der Waals surface area contributed by atoms with E-state index in [0.29, 0.717) is 42.5 Å². The Morgan fingerprint density at radius 3 is 2.22 bits per heavy atom. The molecule has 3 rings (SSSR count). The lowest BCUT2D eigenvalue weighted by molar-refractivity contribution is -0.142. The van der Waals surface area contributed by atoms with E-state index in [-0.39, 0.29) is 23.8 Å². The maximum atomic E-state index is 13.7. The van der Waals surface area contributed by atoms with Crippen LogP contribution in [0.3, 0.4) is 0 Å². The summed E-state index contributed by atoms with van der Waals surface area (Å²) >= 11 is 0. The van der Waals surface area contributed by atoms with Crippen molar-refractivity contribution in [2.24, 2.45) is 5.92 Å². The molecule has 3 unspecified atom stereocenters. The maximum Gasteiger partial charge on any atom is 0.305 e. The fourth-order valence-electron chi connectivity index (χ4n) is 4.90. The number of carbonyl (C=O) groups is 5. The minimum atomic E-state index is -1.21. The van der Waals surface area contributed by atoms with Crippen molar-refractivity contribution in [2.75, 3.05) is 6.54 Å². The molecule has 2 aromatic carbocycles. The van der Waals surface area contributed by atoms with E-state index in [2.05, 4.69) is 22.5 Å². The zero-order chi connectivity index (χ0) is 30.1. The first-order valence-corrected chi connectivity index (χ1v) is 13.7. The summed E-state index contributed by atoms with van der Waals surface area (Å²) in [7, 11) is 0. The molecular weight excluding hydrogens is 524 g/mol. The van der Waals surface area contributed by atoms with Gasteiger partial charge >= 0.3 is 5.97 Å². The Bertz CT molecular complexity index is 1280. The van der Waals surface area contributed by atoms with Gasteiger partial charge in [0.1, 0.15) is 18.4 Å². The number of nitrogens with one attached hydrogen (secondary N) is 3. The number of benzene rings is 2. The average Bonchev–Trinajstić information content (AvgIpc) is 3.45. The highest BCUT2D eigenvalue weighted by Crippen LogP contribution is 2.24. The van der Waals surface area contributed by atoms with Gasteiger partial charge in [0, 0.05) is 23.4 Å². The van der Waals surface area contributed by atoms with Crippen LogP contribution < -0.4 is 16.0 Å². The van der Waals surface area contributed by atoms with Gasteiger partial charge in [-0.15, -0.1) is 0 Å². The number of carbonyl (C=O) groups excluding carboxylic acids is 4. The highest BCUT2D eigenvalue weighted by molar-refractivity contribution is 5.99. The van der Waals surface area contributed by atoms with E-state index in [0.717, 1.165) is 5.56 Å². The highest BCUT2D eigenvalue weighted by atomic mass is 16.4. The second kappa shape index (κ2) is 14.2. The van der Waals surface area contributed by atoms with E-state index >= 15 is 0 Å². The number of carboxylic acids is 1. The van der Waals surface area contributed by atoms with Crippen LogP contribution in [-0.4, -0.2) is 64.7 Å². The van der Waals surface area contributed by atoms with E-state index in [4.69, 9.17) is 5.11 Å². The van der Waals surface area contributed by atoms with Gasteiger partial charge in [0.2, 0.25) is 11.8 Å².